The minimum absolute atomic E-state index is 0.242. The van der Waals surface area contributed by atoms with Gasteiger partial charge in [0, 0.05) is 0 Å². The van der Waals surface area contributed by atoms with Gasteiger partial charge in [-0.3, -0.25) is 0 Å². The van der Waals surface area contributed by atoms with E-state index in [1.807, 2.05) is 0 Å². The third kappa shape index (κ3) is 3.17. The van der Waals surface area contributed by atoms with Gasteiger partial charge in [0.25, 0.3) is 0 Å². The Morgan fingerprint density at radius 1 is 1.04 bits per heavy atom. The Labute approximate surface area is 130 Å². The summed E-state index contributed by atoms with van der Waals surface area (Å²) in [5.74, 6) is -1.53. The van der Waals surface area contributed by atoms with E-state index in [1.54, 1.807) is 18.2 Å². The van der Waals surface area contributed by atoms with Gasteiger partial charge in [0.05, 0.1) is 18.4 Å². The highest BCUT2D eigenvalue weighted by Gasteiger charge is 2.23. The molecule has 0 spiro atoms. The van der Waals surface area contributed by atoms with Gasteiger partial charge in [-0.1, -0.05) is 6.07 Å². The molecule has 8 heteroatoms. The van der Waals surface area contributed by atoms with Crippen molar-refractivity contribution in [2.75, 3.05) is 0 Å². The molecule has 5 nitrogen and oxygen atoms in total. The molecule has 1 N–H and O–H groups in total. The van der Waals surface area contributed by atoms with E-state index in [-0.39, 0.29) is 6.54 Å². The Kier molecular flexibility index (Phi) is 4.01. The molecule has 0 unspecified atom stereocenters. The summed E-state index contributed by atoms with van der Waals surface area (Å²) in [4.78, 5) is -1.01. The van der Waals surface area contributed by atoms with Crippen LogP contribution in [0.2, 0.25) is 0 Å². The zero-order chi connectivity index (χ0) is 16.4. The van der Waals surface area contributed by atoms with Crippen molar-refractivity contribution in [2.24, 2.45) is 0 Å². The predicted octanol–water partition coefficient (Wildman–Crippen LogP) is 3.30. The van der Waals surface area contributed by atoms with Gasteiger partial charge in [-0.25, -0.2) is 21.9 Å². The van der Waals surface area contributed by atoms with Gasteiger partial charge in [-0.15, -0.1) is 0 Å². The Morgan fingerprint density at radius 3 is 2.43 bits per heavy atom. The summed E-state index contributed by atoms with van der Waals surface area (Å²) in [6.07, 6.45) is 2.95. The van der Waals surface area contributed by atoms with Gasteiger partial charge < -0.3 is 8.83 Å². The molecule has 0 aliphatic rings. The van der Waals surface area contributed by atoms with Gasteiger partial charge in [-0.05, 0) is 30.3 Å². The zero-order valence-electron chi connectivity index (χ0n) is 11.6. The van der Waals surface area contributed by atoms with Crippen LogP contribution in [0.25, 0.3) is 11.3 Å². The number of halogens is 2. The van der Waals surface area contributed by atoms with Crippen molar-refractivity contribution in [3.63, 3.8) is 0 Å². The molecule has 2 heterocycles. The average molecular weight is 339 g/mol. The number of hydrogen-bond acceptors (Lipinski definition) is 4. The number of nitrogens with one attached hydrogen (secondary N) is 1. The molecule has 3 rings (SSSR count). The van der Waals surface area contributed by atoms with Crippen molar-refractivity contribution in [2.45, 2.75) is 11.4 Å². The molecule has 0 saturated heterocycles. The summed E-state index contributed by atoms with van der Waals surface area (Å²) in [6, 6.07) is 7.72. The predicted molar refractivity (Wildman–Crippen MR) is 76.8 cm³/mol. The van der Waals surface area contributed by atoms with E-state index >= 15 is 0 Å². The van der Waals surface area contributed by atoms with Crippen molar-refractivity contribution in [3.8, 4) is 11.3 Å². The molecule has 120 valence electrons. The maximum atomic E-state index is 13.6. The zero-order valence-corrected chi connectivity index (χ0v) is 12.4. The standard InChI is InChI=1S/C15H11F2NO4S/c16-12-2-1-3-13(17)15(12)23(19,20)18-8-11-4-5-14(22-11)10-6-7-21-9-10/h1-7,9,18H,8H2. The van der Waals surface area contributed by atoms with Gasteiger partial charge >= 0.3 is 0 Å². The van der Waals surface area contributed by atoms with Crippen LogP contribution < -0.4 is 4.72 Å². The lowest BCUT2D eigenvalue weighted by atomic mass is 10.3. The average Bonchev–Trinajstić information content (AvgIpc) is 3.16. The minimum atomic E-state index is -4.34. The number of benzene rings is 1. The van der Waals surface area contributed by atoms with Gasteiger partial charge in [-0.2, -0.15) is 0 Å². The summed E-state index contributed by atoms with van der Waals surface area (Å²) in [6.45, 7) is -0.242. The van der Waals surface area contributed by atoms with E-state index in [0.717, 1.165) is 18.2 Å². The van der Waals surface area contributed by atoms with Crippen LogP contribution in [-0.4, -0.2) is 8.42 Å². The first kappa shape index (κ1) is 15.4. The highest BCUT2D eigenvalue weighted by molar-refractivity contribution is 7.89. The molecule has 0 amide bonds. The first-order chi connectivity index (χ1) is 11.0. The van der Waals surface area contributed by atoms with Crippen molar-refractivity contribution in [1.82, 2.24) is 4.72 Å². The summed E-state index contributed by atoms with van der Waals surface area (Å²) in [5, 5.41) is 0. The van der Waals surface area contributed by atoms with Gasteiger partial charge in [0.1, 0.15) is 29.4 Å². The SMILES string of the molecule is O=S(=O)(NCc1ccc(-c2ccoc2)o1)c1c(F)cccc1F. The Hall–Kier alpha value is -2.45. The molecular formula is C15H11F2NO4S. The Morgan fingerprint density at radius 2 is 1.78 bits per heavy atom. The molecule has 0 bridgehead atoms. The van der Waals surface area contributed by atoms with Crippen LogP contribution >= 0.6 is 0 Å². The molecule has 1 aromatic carbocycles. The van der Waals surface area contributed by atoms with E-state index in [4.69, 9.17) is 8.83 Å². The lowest BCUT2D eigenvalue weighted by Crippen LogP contribution is -2.25. The molecule has 0 fully saturated rings. The highest BCUT2D eigenvalue weighted by Crippen LogP contribution is 2.23. The number of furan rings is 2. The van der Waals surface area contributed by atoms with Crippen LogP contribution in [0.15, 0.2) is 62.7 Å². The summed E-state index contributed by atoms with van der Waals surface area (Å²) in [5.41, 5.74) is 0.694. The topological polar surface area (TPSA) is 72.5 Å². The van der Waals surface area contributed by atoms with Crippen molar-refractivity contribution in [3.05, 3.63) is 66.3 Å². The molecule has 0 aliphatic carbocycles. The first-order valence-corrected chi connectivity index (χ1v) is 8.00. The molecular weight excluding hydrogens is 328 g/mol. The minimum Gasteiger partial charge on any atom is -0.472 e. The highest BCUT2D eigenvalue weighted by atomic mass is 32.2. The van der Waals surface area contributed by atoms with Crippen molar-refractivity contribution >= 4 is 10.0 Å². The smallest absolute Gasteiger partial charge is 0.246 e. The van der Waals surface area contributed by atoms with Crippen LogP contribution in [0.1, 0.15) is 5.76 Å². The lowest BCUT2D eigenvalue weighted by Gasteiger charge is -2.07. The van der Waals surface area contributed by atoms with Crippen LogP contribution in [0.4, 0.5) is 8.78 Å². The normalized spacial score (nSPS) is 11.7. The fraction of sp³-hybridized carbons (Fsp3) is 0.0667. The summed E-state index contributed by atoms with van der Waals surface area (Å²) in [7, 11) is -4.34. The second-order valence-electron chi connectivity index (χ2n) is 4.65. The van der Waals surface area contributed by atoms with Crippen molar-refractivity contribution < 1.29 is 26.0 Å². The largest absolute Gasteiger partial charge is 0.472 e. The van der Waals surface area contributed by atoms with Gasteiger partial charge in [0.2, 0.25) is 10.0 Å². The fourth-order valence-corrected chi connectivity index (χ4v) is 3.14. The molecule has 23 heavy (non-hydrogen) atoms. The molecule has 0 saturated carbocycles. The second kappa shape index (κ2) is 5.98. The summed E-state index contributed by atoms with van der Waals surface area (Å²) < 4.78 is 63.7. The molecule has 0 aliphatic heterocycles. The maximum absolute atomic E-state index is 13.6. The van der Waals surface area contributed by atoms with E-state index in [0.29, 0.717) is 17.1 Å². The van der Waals surface area contributed by atoms with Crippen LogP contribution in [0.3, 0.4) is 0 Å². The molecule has 2 aromatic heterocycles. The Bertz CT molecular complexity index is 897. The van der Waals surface area contributed by atoms with Crippen molar-refractivity contribution in [1.29, 1.82) is 0 Å². The Balaban J connectivity index is 1.78. The number of sulfonamides is 1. The number of hydrogen-bond donors (Lipinski definition) is 1. The third-order valence-electron chi connectivity index (χ3n) is 3.09. The lowest BCUT2D eigenvalue weighted by molar-refractivity contribution is 0.495. The van der Waals surface area contributed by atoms with E-state index in [2.05, 4.69) is 4.72 Å². The maximum Gasteiger partial charge on any atom is 0.246 e. The number of rotatable bonds is 5. The molecule has 0 radical (unpaired) electrons. The van der Waals surface area contributed by atoms with Gasteiger partial charge in [0.15, 0.2) is 4.90 Å². The third-order valence-corrected chi connectivity index (χ3v) is 4.54. The van der Waals surface area contributed by atoms with Crippen LogP contribution in [-0.2, 0) is 16.6 Å². The fourth-order valence-electron chi connectivity index (χ4n) is 2.01. The van der Waals surface area contributed by atoms with Crippen LogP contribution in [0.5, 0.6) is 0 Å². The second-order valence-corrected chi connectivity index (χ2v) is 6.36. The molecule has 0 atom stereocenters. The quantitative estimate of drug-likeness (QED) is 0.774. The first-order valence-electron chi connectivity index (χ1n) is 6.52. The summed E-state index contributed by atoms with van der Waals surface area (Å²) >= 11 is 0. The van der Waals surface area contributed by atoms with Crippen LogP contribution in [0, 0.1) is 11.6 Å². The van der Waals surface area contributed by atoms with E-state index < -0.39 is 26.6 Å². The van der Waals surface area contributed by atoms with E-state index in [9.17, 15) is 17.2 Å². The molecule has 3 aromatic rings. The van der Waals surface area contributed by atoms with E-state index in [1.165, 1.54) is 12.5 Å². The monoisotopic (exact) mass is 339 g/mol.